The van der Waals surface area contributed by atoms with Gasteiger partial charge in [-0.1, -0.05) is 18.2 Å². The molecule has 3 aromatic heterocycles. The summed E-state index contributed by atoms with van der Waals surface area (Å²) in [6, 6.07) is 13.9. The number of pyridine rings is 1. The third-order valence-electron chi connectivity index (χ3n) is 5.44. The lowest BCUT2D eigenvalue weighted by atomic mass is 9.99. The molecule has 1 N–H and O–H groups in total. The Kier molecular flexibility index (Phi) is 4.78. The van der Waals surface area contributed by atoms with Gasteiger partial charge in [0.2, 0.25) is 5.88 Å². The van der Waals surface area contributed by atoms with Crippen LogP contribution in [0.15, 0.2) is 47.5 Å². The highest BCUT2D eigenvalue weighted by molar-refractivity contribution is 7.15. The van der Waals surface area contributed by atoms with Gasteiger partial charge in [0.1, 0.15) is 23.2 Å². The monoisotopic (exact) mass is 430 g/mol. The fourth-order valence-electron chi connectivity index (χ4n) is 3.74. The molecule has 0 unspecified atom stereocenters. The SMILES string of the molecule is COc1cccc(Nc2ccc(C3=NCc4nnc(C)n4-c4sc(C)c(C)c43)cc2)n1. The van der Waals surface area contributed by atoms with Gasteiger partial charge in [0.25, 0.3) is 0 Å². The van der Waals surface area contributed by atoms with Crippen molar-refractivity contribution in [1.29, 1.82) is 0 Å². The zero-order valence-electron chi connectivity index (χ0n) is 17.8. The Morgan fingerprint density at radius 2 is 1.84 bits per heavy atom. The molecular weight excluding hydrogens is 408 g/mol. The lowest BCUT2D eigenvalue weighted by Crippen LogP contribution is -2.07. The van der Waals surface area contributed by atoms with Crippen molar-refractivity contribution in [3.8, 4) is 10.9 Å². The van der Waals surface area contributed by atoms with Gasteiger partial charge in [-0.15, -0.1) is 21.5 Å². The first-order valence-electron chi connectivity index (χ1n) is 9.99. The van der Waals surface area contributed by atoms with Gasteiger partial charge in [-0.25, -0.2) is 0 Å². The molecule has 0 aliphatic carbocycles. The lowest BCUT2D eigenvalue weighted by Gasteiger charge is -2.11. The minimum absolute atomic E-state index is 0.504. The number of aryl methyl sites for hydroxylation is 2. The van der Waals surface area contributed by atoms with Crippen LogP contribution in [-0.2, 0) is 6.54 Å². The number of nitrogens with zero attached hydrogens (tertiary/aromatic N) is 5. The van der Waals surface area contributed by atoms with Crippen molar-refractivity contribution >= 4 is 28.6 Å². The second-order valence-corrected chi connectivity index (χ2v) is 8.60. The number of methoxy groups -OCH3 is 1. The number of anilines is 2. The number of aliphatic imine (C=N–C) groups is 1. The van der Waals surface area contributed by atoms with Crippen LogP contribution in [0.25, 0.3) is 5.00 Å². The van der Waals surface area contributed by atoms with Crippen molar-refractivity contribution in [2.45, 2.75) is 27.3 Å². The van der Waals surface area contributed by atoms with Crippen molar-refractivity contribution in [3.63, 3.8) is 0 Å². The van der Waals surface area contributed by atoms with Gasteiger partial charge >= 0.3 is 0 Å². The normalized spacial score (nSPS) is 12.6. The number of nitrogens with one attached hydrogen (secondary N) is 1. The zero-order valence-corrected chi connectivity index (χ0v) is 18.6. The number of thiophene rings is 1. The molecule has 7 nitrogen and oxygen atoms in total. The van der Waals surface area contributed by atoms with E-state index < -0.39 is 0 Å². The predicted octanol–water partition coefficient (Wildman–Crippen LogP) is 4.75. The van der Waals surface area contributed by atoms with E-state index in [0.717, 1.165) is 39.4 Å². The summed E-state index contributed by atoms with van der Waals surface area (Å²) in [6.45, 7) is 6.81. The summed E-state index contributed by atoms with van der Waals surface area (Å²) in [6.07, 6.45) is 0. The average molecular weight is 431 g/mol. The molecule has 8 heteroatoms. The van der Waals surface area contributed by atoms with E-state index in [9.17, 15) is 0 Å². The molecule has 0 bridgehead atoms. The van der Waals surface area contributed by atoms with Crippen LogP contribution in [0.3, 0.4) is 0 Å². The molecule has 31 heavy (non-hydrogen) atoms. The molecular formula is C23H22N6OS. The molecule has 0 saturated heterocycles. The van der Waals surface area contributed by atoms with Crippen molar-refractivity contribution in [3.05, 3.63) is 75.7 Å². The van der Waals surface area contributed by atoms with E-state index in [4.69, 9.17) is 9.73 Å². The number of benzene rings is 1. The third-order valence-corrected chi connectivity index (χ3v) is 6.63. The van der Waals surface area contributed by atoms with Gasteiger partial charge in [-0.2, -0.15) is 4.98 Å². The highest BCUT2D eigenvalue weighted by Gasteiger charge is 2.26. The second kappa shape index (κ2) is 7.63. The maximum atomic E-state index is 5.20. The van der Waals surface area contributed by atoms with Crippen molar-refractivity contribution in [2.24, 2.45) is 4.99 Å². The van der Waals surface area contributed by atoms with Gasteiger partial charge in [-0.05, 0) is 44.5 Å². The van der Waals surface area contributed by atoms with Crippen LogP contribution >= 0.6 is 11.3 Å². The number of aromatic nitrogens is 4. The molecule has 1 aliphatic rings. The van der Waals surface area contributed by atoms with Gasteiger partial charge in [-0.3, -0.25) is 9.56 Å². The number of ether oxygens (including phenoxy) is 1. The van der Waals surface area contributed by atoms with Crippen molar-refractivity contribution in [1.82, 2.24) is 19.7 Å². The molecule has 0 atom stereocenters. The van der Waals surface area contributed by atoms with Crippen LogP contribution in [0.4, 0.5) is 11.5 Å². The smallest absolute Gasteiger partial charge is 0.214 e. The van der Waals surface area contributed by atoms with E-state index in [0.29, 0.717) is 12.4 Å². The van der Waals surface area contributed by atoms with E-state index in [2.05, 4.69) is 51.0 Å². The van der Waals surface area contributed by atoms with Crippen LogP contribution in [0.2, 0.25) is 0 Å². The third kappa shape index (κ3) is 3.38. The highest BCUT2D eigenvalue weighted by Crippen LogP contribution is 2.36. The van der Waals surface area contributed by atoms with Crippen LogP contribution in [-0.4, -0.2) is 32.6 Å². The number of hydrogen-bond donors (Lipinski definition) is 1. The summed E-state index contributed by atoms with van der Waals surface area (Å²) in [4.78, 5) is 10.6. The molecule has 0 saturated carbocycles. The van der Waals surface area contributed by atoms with E-state index in [1.807, 2.05) is 37.3 Å². The Labute approximate surface area is 184 Å². The Hall–Kier alpha value is -3.52. The average Bonchev–Trinajstić information content (AvgIpc) is 3.23. The van der Waals surface area contributed by atoms with E-state index >= 15 is 0 Å². The summed E-state index contributed by atoms with van der Waals surface area (Å²) in [5, 5.41) is 13.1. The Balaban J connectivity index is 1.51. The quantitative estimate of drug-likeness (QED) is 0.505. The summed E-state index contributed by atoms with van der Waals surface area (Å²) in [5.41, 5.74) is 5.43. The summed E-state index contributed by atoms with van der Waals surface area (Å²) >= 11 is 1.77. The number of fused-ring (bicyclic) bond motifs is 3. The first-order valence-corrected chi connectivity index (χ1v) is 10.8. The molecule has 4 heterocycles. The fourth-order valence-corrected chi connectivity index (χ4v) is 4.97. The first-order chi connectivity index (χ1) is 15.0. The van der Waals surface area contributed by atoms with E-state index in [-0.39, 0.29) is 0 Å². The molecule has 156 valence electrons. The maximum absolute atomic E-state index is 5.20. The van der Waals surface area contributed by atoms with E-state index in [1.54, 1.807) is 18.4 Å². The van der Waals surface area contributed by atoms with Gasteiger partial charge in [0.15, 0.2) is 5.82 Å². The highest BCUT2D eigenvalue weighted by atomic mass is 32.1. The maximum Gasteiger partial charge on any atom is 0.214 e. The number of rotatable bonds is 4. The molecule has 5 rings (SSSR count). The predicted molar refractivity (Wildman–Crippen MR) is 123 cm³/mol. The lowest BCUT2D eigenvalue weighted by molar-refractivity contribution is 0.398. The minimum atomic E-state index is 0.504. The number of hydrogen-bond acceptors (Lipinski definition) is 7. The molecule has 0 fully saturated rings. The fraction of sp³-hybridized carbons (Fsp3) is 0.217. The topological polar surface area (TPSA) is 77.2 Å². The van der Waals surface area contributed by atoms with Gasteiger partial charge in [0.05, 0.1) is 12.8 Å². The molecule has 4 aromatic rings. The van der Waals surface area contributed by atoms with Crippen LogP contribution in [0.5, 0.6) is 5.88 Å². The Bertz CT molecular complexity index is 1300. The Morgan fingerprint density at radius 3 is 2.61 bits per heavy atom. The molecule has 0 spiro atoms. The van der Waals surface area contributed by atoms with Crippen LogP contribution in [0, 0.1) is 20.8 Å². The van der Waals surface area contributed by atoms with Gasteiger partial charge < -0.3 is 10.1 Å². The standard InChI is InChI=1S/C23H22N6OS/c1-13-14(2)31-23-21(13)22(24-12-19-28-27-15(3)29(19)23)16-8-10-17(11-9-16)25-18-6-5-7-20(26-18)30-4/h5-11H,12H2,1-4H3,(H,25,26). The van der Waals surface area contributed by atoms with Crippen molar-refractivity contribution < 1.29 is 4.74 Å². The van der Waals surface area contributed by atoms with E-state index in [1.165, 1.54) is 16.0 Å². The Morgan fingerprint density at radius 1 is 1.03 bits per heavy atom. The van der Waals surface area contributed by atoms with Crippen molar-refractivity contribution in [2.75, 3.05) is 12.4 Å². The zero-order chi connectivity index (χ0) is 21.5. The largest absolute Gasteiger partial charge is 0.481 e. The second-order valence-electron chi connectivity index (χ2n) is 7.39. The molecule has 0 radical (unpaired) electrons. The van der Waals surface area contributed by atoms with Crippen LogP contribution in [0.1, 0.15) is 33.2 Å². The summed E-state index contributed by atoms with van der Waals surface area (Å²) < 4.78 is 7.34. The summed E-state index contributed by atoms with van der Waals surface area (Å²) in [7, 11) is 1.61. The van der Waals surface area contributed by atoms with Gasteiger partial charge in [0, 0.05) is 27.8 Å². The molecule has 0 amide bonds. The molecule has 1 aromatic carbocycles. The summed E-state index contributed by atoms with van der Waals surface area (Å²) in [5.74, 6) is 3.07. The van der Waals surface area contributed by atoms with Crippen LogP contribution < -0.4 is 10.1 Å². The first kappa shape index (κ1) is 19.4. The minimum Gasteiger partial charge on any atom is -0.481 e. The molecule has 1 aliphatic heterocycles.